The number of hydrogen-bond acceptors (Lipinski definition) is 4. The van der Waals surface area contributed by atoms with Crippen LogP contribution in [0.3, 0.4) is 0 Å². The summed E-state index contributed by atoms with van der Waals surface area (Å²) in [4.78, 5) is 16.0. The summed E-state index contributed by atoms with van der Waals surface area (Å²) in [6, 6.07) is 3.52. The maximum Gasteiger partial charge on any atom is 0.252 e. The van der Waals surface area contributed by atoms with Crippen molar-refractivity contribution in [2.24, 2.45) is 7.05 Å². The van der Waals surface area contributed by atoms with Crippen molar-refractivity contribution >= 4 is 23.3 Å². The number of hydrogen-bond donors (Lipinski definition) is 2. The molecule has 0 saturated heterocycles. The number of aromatic nitrogens is 3. The molecule has 2 aromatic rings. The van der Waals surface area contributed by atoms with Gasteiger partial charge in [-0.25, -0.2) is 4.98 Å². The number of nitrogens with one attached hydrogen (secondary N) is 2. The zero-order chi connectivity index (χ0) is 14.5. The SMILES string of the molecule is CNc1ncc(C(=O)NCCc2ccn(C)n2)cc1Cl. The molecule has 2 N–H and O–H groups in total. The number of aryl methyl sites for hydroxylation is 1. The molecular weight excluding hydrogens is 278 g/mol. The van der Waals surface area contributed by atoms with E-state index in [-0.39, 0.29) is 5.91 Å². The van der Waals surface area contributed by atoms with Gasteiger partial charge in [0.25, 0.3) is 5.91 Å². The molecule has 2 aromatic heterocycles. The van der Waals surface area contributed by atoms with Gasteiger partial charge in [0.2, 0.25) is 0 Å². The number of pyridine rings is 1. The highest BCUT2D eigenvalue weighted by atomic mass is 35.5. The van der Waals surface area contributed by atoms with Crippen LogP contribution in [0.5, 0.6) is 0 Å². The molecule has 0 fully saturated rings. The normalized spacial score (nSPS) is 10.3. The summed E-state index contributed by atoms with van der Waals surface area (Å²) >= 11 is 5.99. The highest BCUT2D eigenvalue weighted by molar-refractivity contribution is 6.33. The van der Waals surface area contributed by atoms with E-state index in [1.165, 1.54) is 6.20 Å². The van der Waals surface area contributed by atoms with Crippen LogP contribution in [0, 0.1) is 0 Å². The molecule has 0 atom stereocenters. The minimum Gasteiger partial charge on any atom is -0.372 e. The summed E-state index contributed by atoms with van der Waals surface area (Å²) in [6.07, 6.45) is 4.05. The quantitative estimate of drug-likeness (QED) is 0.876. The summed E-state index contributed by atoms with van der Waals surface area (Å²) in [6.45, 7) is 0.515. The predicted octanol–water partition coefficient (Wildman–Crippen LogP) is 1.48. The van der Waals surface area contributed by atoms with Gasteiger partial charge in [0.05, 0.1) is 16.3 Å². The average Bonchev–Trinajstić information content (AvgIpc) is 2.84. The predicted molar refractivity (Wildman–Crippen MR) is 78.0 cm³/mol. The molecule has 0 aliphatic heterocycles. The Kier molecular flexibility index (Phi) is 4.57. The Morgan fingerprint density at radius 3 is 2.90 bits per heavy atom. The lowest BCUT2D eigenvalue weighted by Crippen LogP contribution is -2.26. The van der Waals surface area contributed by atoms with Gasteiger partial charge >= 0.3 is 0 Å². The second kappa shape index (κ2) is 6.38. The first-order chi connectivity index (χ1) is 9.60. The summed E-state index contributed by atoms with van der Waals surface area (Å²) in [7, 11) is 3.58. The van der Waals surface area contributed by atoms with Gasteiger partial charge in [-0.15, -0.1) is 0 Å². The Labute approximate surface area is 122 Å². The summed E-state index contributed by atoms with van der Waals surface area (Å²) in [5.74, 6) is 0.356. The Morgan fingerprint density at radius 2 is 2.30 bits per heavy atom. The van der Waals surface area contributed by atoms with Crippen molar-refractivity contribution in [3.05, 3.63) is 40.8 Å². The van der Waals surface area contributed by atoms with Gasteiger partial charge in [0.1, 0.15) is 5.82 Å². The number of carbonyl (C=O) groups excluding carboxylic acids is 1. The lowest BCUT2D eigenvalue weighted by molar-refractivity contribution is 0.0953. The molecule has 7 heteroatoms. The van der Waals surface area contributed by atoms with E-state index < -0.39 is 0 Å². The van der Waals surface area contributed by atoms with Crippen LogP contribution < -0.4 is 10.6 Å². The van der Waals surface area contributed by atoms with Gasteiger partial charge in [0, 0.05) is 39.5 Å². The standard InChI is InChI=1S/C13H16ClN5O/c1-15-12-11(14)7-9(8-17-12)13(20)16-5-3-10-4-6-19(2)18-10/h4,6-8H,3,5H2,1-2H3,(H,15,17)(H,16,20). The number of nitrogens with zero attached hydrogens (tertiary/aromatic N) is 3. The van der Waals surface area contributed by atoms with Gasteiger partial charge in [-0.3, -0.25) is 9.48 Å². The second-order valence-electron chi connectivity index (χ2n) is 4.29. The van der Waals surface area contributed by atoms with Crippen LogP contribution in [-0.4, -0.2) is 34.3 Å². The number of halogens is 1. The number of rotatable bonds is 5. The average molecular weight is 294 g/mol. The Hall–Kier alpha value is -2.08. The largest absolute Gasteiger partial charge is 0.372 e. The van der Waals surface area contributed by atoms with Crippen molar-refractivity contribution in [1.29, 1.82) is 0 Å². The van der Waals surface area contributed by atoms with Crippen molar-refractivity contribution < 1.29 is 4.79 Å². The van der Waals surface area contributed by atoms with Crippen LogP contribution in [-0.2, 0) is 13.5 Å². The van der Waals surface area contributed by atoms with E-state index in [0.717, 1.165) is 5.69 Å². The summed E-state index contributed by atoms with van der Waals surface area (Å²) < 4.78 is 1.73. The maximum absolute atomic E-state index is 11.9. The fraction of sp³-hybridized carbons (Fsp3) is 0.308. The van der Waals surface area contributed by atoms with Crippen LogP contribution in [0.25, 0.3) is 0 Å². The van der Waals surface area contributed by atoms with Crippen LogP contribution in [0.15, 0.2) is 24.5 Å². The molecule has 1 amide bonds. The molecular formula is C13H16ClN5O. The molecule has 0 saturated carbocycles. The zero-order valence-corrected chi connectivity index (χ0v) is 12.1. The van der Waals surface area contributed by atoms with Gasteiger partial charge in [-0.05, 0) is 12.1 Å². The Morgan fingerprint density at radius 1 is 1.50 bits per heavy atom. The Bertz CT molecular complexity index is 611. The van der Waals surface area contributed by atoms with E-state index in [0.29, 0.717) is 29.4 Å². The third-order valence-corrected chi connectivity index (χ3v) is 3.06. The third kappa shape index (κ3) is 3.48. The second-order valence-corrected chi connectivity index (χ2v) is 4.70. The molecule has 0 aliphatic rings. The van der Waals surface area contributed by atoms with Crippen molar-refractivity contribution in [2.45, 2.75) is 6.42 Å². The van der Waals surface area contributed by atoms with E-state index >= 15 is 0 Å². The van der Waals surface area contributed by atoms with E-state index in [9.17, 15) is 4.79 Å². The summed E-state index contributed by atoms with van der Waals surface area (Å²) in [5, 5.41) is 10.3. The Balaban J connectivity index is 1.90. The van der Waals surface area contributed by atoms with Crippen molar-refractivity contribution in [2.75, 3.05) is 18.9 Å². The molecule has 6 nitrogen and oxygen atoms in total. The number of anilines is 1. The van der Waals surface area contributed by atoms with Crippen LogP contribution >= 0.6 is 11.6 Å². The van der Waals surface area contributed by atoms with Crippen molar-refractivity contribution in [1.82, 2.24) is 20.1 Å². The molecule has 20 heavy (non-hydrogen) atoms. The fourth-order valence-electron chi connectivity index (χ4n) is 1.75. The van der Waals surface area contributed by atoms with Gasteiger partial charge in [-0.1, -0.05) is 11.6 Å². The van der Waals surface area contributed by atoms with Crippen molar-refractivity contribution in [3.8, 4) is 0 Å². The molecule has 106 valence electrons. The van der Waals surface area contributed by atoms with E-state index in [4.69, 9.17) is 11.6 Å². The molecule has 0 radical (unpaired) electrons. The molecule has 0 aromatic carbocycles. The van der Waals surface area contributed by atoms with Gasteiger partial charge in [0.15, 0.2) is 0 Å². The molecule has 2 heterocycles. The first-order valence-corrected chi connectivity index (χ1v) is 6.58. The number of carbonyl (C=O) groups is 1. The van der Waals surface area contributed by atoms with Crippen LogP contribution in [0.4, 0.5) is 5.82 Å². The smallest absolute Gasteiger partial charge is 0.252 e. The molecule has 0 bridgehead atoms. The third-order valence-electron chi connectivity index (χ3n) is 2.78. The topological polar surface area (TPSA) is 71.8 Å². The highest BCUT2D eigenvalue weighted by Crippen LogP contribution is 2.19. The zero-order valence-electron chi connectivity index (χ0n) is 11.4. The van der Waals surface area contributed by atoms with Gasteiger partial charge < -0.3 is 10.6 Å². The van der Waals surface area contributed by atoms with Crippen molar-refractivity contribution in [3.63, 3.8) is 0 Å². The fourth-order valence-corrected chi connectivity index (χ4v) is 2.01. The summed E-state index contributed by atoms with van der Waals surface area (Å²) in [5.41, 5.74) is 1.38. The lowest BCUT2D eigenvalue weighted by Gasteiger charge is -2.06. The highest BCUT2D eigenvalue weighted by Gasteiger charge is 2.09. The minimum atomic E-state index is -0.196. The molecule has 0 spiro atoms. The molecule has 0 aliphatic carbocycles. The minimum absolute atomic E-state index is 0.196. The molecule has 0 unspecified atom stereocenters. The van der Waals surface area contributed by atoms with Gasteiger partial charge in [-0.2, -0.15) is 5.10 Å². The van der Waals surface area contributed by atoms with E-state index in [1.54, 1.807) is 17.8 Å². The maximum atomic E-state index is 11.9. The number of amides is 1. The van der Waals surface area contributed by atoms with E-state index in [2.05, 4.69) is 20.7 Å². The van der Waals surface area contributed by atoms with E-state index in [1.807, 2.05) is 19.3 Å². The first-order valence-electron chi connectivity index (χ1n) is 6.20. The van der Waals surface area contributed by atoms with Crippen LogP contribution in [0.2, 0.25) is 5.02 Å². The monoisotopic (exact) mass is 293 g/mol. The van der Waals surface area contributed by atoms with Crippen LogP contribution in [0.1, 0.15) is 16.1 Å². The molecule has 2 rings (SSSR count). The lowest BCUT2D eigenvalue weighted by atomic mass is 10.2. The first kappa shape index (κ1) is 14.3.